The van der Waals surface area contributed by atoms with Gasteiger partial charge in [-0.3, -0.25) is 9.69 Å². The number of aliphatic hydroxyl groups is 1. The van der Waals surface area contributed by atoms with E-state index in [-0.39, 0.29) is 52.6 Å². The first-order chi connectivity index (χ1) is 9.02. The van der Waals surface area contributed by atoms with E-state index in [0.29, 0.717) is 11.5 Å². The predicted molar refractivity (Wildman–Crippen MR) is 64.4 cm³/mol. The maximum Gasteiger partial charge on any atom is 1.00 e. The molecule has 8 heteroatoms. The number of carboxylic acids is 1. The van der Waals surface area contributed by atoms with Gasteiger partial charge in [0.05, 0.1) is 29.8 Å². The van der Waals surface area contributed by atoms with Gasteiger partial charge in [0.2, 0.25) is 5.91 Å². The number of fused-ring (bicyclic) bond motifs is 1. The van der Waals surface area contributed by atoms with Crippen molar-refractivity contribution < 1.29 is 54.1 Å². The molecule has 0 aromatic rings. The number of thioether (sulfide) groups is 1. The molecule has 104 valence electrons. The molecule has 3 aliphatic heterocycles. The number of aliphatic carboxylic acids is 1. The van der Waals surface area contributed by atoms with Crippen LogP contribution in [-0.2, 0) is 14.3 Å². The van der Waals surface area contributed by atoms with E-state index < -0.39 is 18.0 Å². The van der Waals surface area contributed by atoms with E-state index in [1.807, 2.05) is 0 Å². The molecule has 3 heterocycles. The molecule has 20 heavy (non-hydrogen) atoms. The van der Waals surface area contributed by atoms with Crippen LogP contribution in [-0.4, -0.2) is 46.1 Å². The molecule has 1 N–H and O–H groups in total. The number of aliphatic hydroxyl groups excluding tert-OH is 1. The average Bonchev–Trinajstić information content (AvgIpc) is 2.92. The van der Waals surface area contributed by atoms with E-state index in [1.165, 1.54) is 16.7 Å². The number of ether oxygens (including phenoxy) is 1. The molecule has 0 unspecified atom stereocenters. The van der Waals surface area contributed by atoms with Crippen LogP contribution in [0.3, 0.4) is 0 Å². The molecule has 2 fully saturated rings. The summed E-state index contributed by atoms with van der Waals surface area (Å²) in [5.41, 5.74) is -0.0659. The van der Waals surface area contributed by atoms with Gasteiger partial charge in [0.15, 0.2) is 0 Å². The van der Waals surface area contributed by atoms with Crippen LogP contribution in [0.2, 0.25) is 0 Å². The number of amides is 1. The molecule has 1 amide bonds. The van der Waals surface area contributed by atoms with Gasteiger partial charge in [0.1, 0.15) is 5.37 Å². The fraction of sp³-hybridized carbons (Fsp3) is 0.667. The fourth-order valence-corrected chi connectivity index (χ4v) is 4.51. The zero-order valence-electron chi connectivity index (χ0n) is 11.4. The van der Waals surface area contributed by atoms with Crippen molar-refractivity contribution in [3.63, 3.8) is 0 Å². The standard InChI is InChI=1S/C12H15NO5S.Na/c1-5(14)7-10(15)13-8(12(16)17)9(19-11(7)13)6-3-2-4-18-6;/h5-7,11,14H,2-4H2,1H3,(H,16,17);/q;+1/p-1/t5-,6-,7+,11-;/m1./s1. The SMILES string of the molecule is C[C@@H](O)[C@H]1C(=O)N2C(C(=O)[O-])=C([C@H]3CCCO3)S[C@H]12.[Na+]. The maximum atomic E-state index is 11.9. The summed E-state index contributed by atoms with van der Waals surface area (Å²) in [6.45, 7) is 2.15. The molecule has 0 aromatic heterocycles. The van der Waals surface area contributed by atoms with Crippen LogP contribution in [0.4, 0.5) is 0 Å². The summed E-state index contributed by atoms with van der Waals surface area (Å²) in [6.07, 6.45) is 0.597. The molecule has 0 aromatic carbocycles. The first-order valence-corrected chi connectivity index (χ1v) is 7.15. The van der Waals surface area contributed by atoms with Crippen molar-refractivity contribution in [2.45, 2.75) is 37.3 Å². The van der Waals surface area contributed by atoms with Crippen molar-refractivity contribution in [3.05, 3.63) is 10.6 Å². The molecular weight excluding hydrogens is 293 g/mol. The van der Waals surface area contributed by atoms with E-state index in [2.05, 4.69) is 0 Å². The van der Waals surface area contributed by atoms with Crippen LogP contribution in [0, 0.1) is 5.92 Å². The molecule has 0 aliphatic carbocycles. The van der Waals surface area contributed by atoms with Gasteiger partial charge in [-0.1, -0.05) is 11.8 Å². The molecule has 0 spiro atoms. The van der Waals surface area contributed by atoms with Crippen molar-refractivity contribution in [1.82, 2.24) is 4.90 Å². The second kappa shape index (κ2) is 5.98. The Labute approximate surface area is 142 Å². The Hall–Kier alpha value is -0.0500. The number of carbonyl (C=O) groups excluding carboxylic acids is 2. The van der Waals surface area contributed by atoms with Crippen LogP contribution in [0.15, 0.2) is 10.6 Å². The molecule has 6 nitrogen and oxygen atoms in total. The first kappa shape index (κ1) is 16.3. The normalized spacial score (nSPS) is 33.6. The quantitative estimate of drug-likeness (QED) is 0.423. The topological polar surface area (TPSA) is 89.9 Å². The third-order valence-electron chi connectivity index (χ3n) is 3.74. The van der Waals surface area contributed by atoms with Crippen molar-refractivity contribution in [2.75, 3.05) is 6.61 Å². The Balaban J connectivity index is 0.00000147. The Morgan fingerprint density at radius 3 is 2.80 bits per heavy atom. The summed E-state index contributed by atoms with van der Waals surface area (Å²) < 4.78 is 5.50. The minimum atomic E-state index is -1.35. The number of carboxylic acid groups (broad SMARTS) is 1. The summed E-state index contributed by atoms with van der Waals surface area (Å²) in [6, 6.07) is 0. The van der Waals surface area contributed by atoms with E-state index in [1.54, 1.807) is 6.92 Å². The van der Waals surface area contributed by atoms with Gasteiger partial charge in [-0.05, 0) is 19.8 Å². The number of carbonyl (C=O) groups is 2. The zero-order chi connectivity index (χ0) is 13.7. The predicted octanol–water partition coefficient (Wildman–Crippen LogP) is -3.96. The summed E-state index contributed by atoms with van der Waals surface area (Å²) in [5, 5.41) is 20.5. The van der Waals surface area contributed by atoms with Crippen LogP contribution in [0.25, 0.3) is 0 Å². The average molecular weight is 307 g/mol. The van der Waals surface area contributed by atoms with Crippen LogP contribution < -0.4 is 34.7 Å². The van der Waals surface area contributed by atoms with Crippen molar-refractivity contribution in [2.24, 2.45) is 5.92 Å². The second-order valence-electron chi connectivity index (χ2n) is 4.99. The van der Waals surface area contributed by atoms with Crippen molar-refractivity contribution in [3.8, 4) is 0 Å². The maximum absolute atomic E-state index is 11.9. The monoisotopic (exact) mass is 307 g/mol. The van der Waals surface area contributed by atoms with Crippen LogP contribution in [0.5, 0.6) is 0 Å². The Morgan fingerprint density at radius 2 is 2.30 bits per heavy atom. The number of hydrogen-bond donors (Lipinski definition) is 1. The van der Waals surface area contributed by atoms with Gasteiger partial charge in [-0.15, -0.1) is 0 Å². The van der Waals surface area contributed by atoms with Gasteiger partial charge >= 0.3 is 29.6 Å². The Kier molecular flexibility index (Phi) is 4.88. The Bertz CT molecular complexity index is 474. The largest absolute Gasteiger partial charge is 1.00 e. The first-order valence-electron chi connectivity index (χ1n) is 6.27. The summed E-state index contributed by atoms with van der Waals surface area (Å²) in [7, 11) is 0. The van der Waals surface area contributed by atoms with Crippen LogP contribution >= 0.6 is 11.8 Å². The Morgan fingerprint density at radius 1 is 1.60 bits per heavy atom. The van der Waals surface area contributed by atoms with E-state index in [9.17, 15) is 19.8 Å². The smallest absolute Gasteiger partial charge is 0.543 e. The summed E-state index contributed by atoms with van der Waals surface area (Å²) >= 11 is 1.31. The van der Waals surface area contributed by atoms with E-state index >= 15 is 0 Å². The zero-order valence-corrected chi connectivity index (χ0v) is 14.2. The molecule has 4 atom stereocenters. The number of hydrogen-bond acceptors (Lipinski definition) is 6. The van der Waals surface area contributed by atoms with Crippen molar-refractivity contribution >= 4 is 23.6 Å². The van der Waals surface area contributed by atoms with Gasteiger partial charge in [-0.25, -0.2) is 0 Å². The molecule has 3 rings (SSSR count). The number of rotatable bonds is 3. The van der Waals surface area contributed by atoms with E-state index in [4.69, 9.17) is 4.74 Å². The molecule has 3 aliphatic rings. The van der Waals surface area contributed by atoms with Gasteiger partial charge < -0.3 is 19.7 Å². The molecular formula is C12H14NNaO5S. The number of nitrogens with zero attached hydrogens (tertiary/aromatic N) is 1. The summed E-state index contributed by atoms with van der Waals surface area (Å²) in [4.78, 5) is 25.0. The molecule has 0 saturated carbocycles. The molecule has 0 radical (unpaired) electrons. The number of β-lactam (4-membered cyclic amide) rings is 1. The minimum Gasteiger partial charge on any atom is -0.543 e. The molecule has 2 saturated heterocycles. The van der Waals surface area contributed by atoms with Gasteiger partial charge in [-0.2, -0.15) is 0 Å². The van der Waals surface area contributed by atoms with E-state index in [0.717, 1.165) is 12.8 Å². The third-order valence-corrected chi connectivity index (χ3v) is 5.20. The third kappa shape index (κ3) is 2.34. The van der Waals surface area contributed by atoms with Gasteiger partial charge in [0.25, 0.3) is 0 Å². The fourth-order valence-electron chi connectivity index (χ4n) is 2.81. The second-order valence-corrected chi connectivity index (χ2v) is 6.14. The molecule has 0 bridgehead atoms. The van der Waals surface area contributed by atoms with Gasteiger partial charge in [0, 0.05) is 11.5 Å². The summed E-state index contributed by atoms with van der Waals surface area (Å²) in [5.74, 6) is -2.24. The minimum absolute atomic E-state index is 0. The van der Waals surface area contributed by atoms with Crippen molar-refractivity contribution in [1.29, 1.82) is 0 Å². The van der Waals surface area contributed by atoms with Crippen LogP contribution in [0.1, 0.15) is 19.8 Å².